The molecule has 1 amide bonds. The zero-order chi connectivity index (χ0) is 14.5. The maximum Gasteiger partial charge on any atom is 0.308 e. The van der Waals surface area contributed by atoms with Gasteiger partial charge in [-0.3, -0.25) is 9.59 Å². The number of likely N-dealkylation sites (tertiary alicyclic amines) is 1. The van der Waals surface area contributed by atoms with E-state index < -0.39 is 11.9 Å². The number of benzene rings is 1. The molecule has 1 fully saturated rings. The second kappa shape index (κ2) is 6.37. The molecule has 1 aliphatic rings. The minimum Gasteiger partial charge on any atom is -0.481 e. The van der Waals surface area contributed by atoms with E-state index in [1.165, 1.54) is 6.08 Å². The lowest BCUT2D eigenvalue weighted by Gasteiger charge is -2.29. The normalized spacial score (nSPS) is 19.2. The molecule has 1 unspecified atom stereocenters. The van der Waals surface area contributed by atoms with Crippen LogP contribution < -0.4 is 0 Å². The standard InChI is InChI=1S/C16H19NO3/c1-12-4-2-5-13(10-12)7-8-15(18)17-9-3-6-14(11-17)16(19)20/h2,4-5,7-8,10,14H,3,6,9,11H2,1H3,(H,19,20)/b8-7+. The van der Waals surface area contributed by atoms with E-state index in [9.17, 15) is 9.59 Å². The Morgan fingerprint density at radius 2 is 2.20 bits per heavy atom. The Morgan fingerprint density at radius 3 is 2.90 bits per heavy atom. The van der Waals surface area contributed by atoms with Crippen molar-refractivity contribution in [2.45, 2.75) is 19.8 Å². The van der Waals surface area contributed by atoms with Gasteiger partial charge in [0.2, 0.25) is 5.91 Å². The number of carboxylic acid groups (broad SMARTS) is 1. The molecule has 1 aromatic carbocycles. The number of carboxylic acids is 1. The van der Waals surface area contributed by atoms with Crippen LogP contribution in [0.5, 0.6) is 0 Å². The van der Waals surface area contributed by atoms with Gasteiger partial charge in [0.1, 0.15) is 0 Å². The minimum absolute atomic E-state index is 0.113. The highest BCUT2D eigenvalue weighted by atomic mass is 16.4. The van der Waals surface area contributed by atoms with E-state index in [0.29, 0.717) is 19.5 Å². The van der Waals surface area contributed by atoms with E-state index in [0.717, 1.165) is 17.5 Å². The molecule has 1 aliphatic heterocycles. The Morgan fingerprint density at radius 1 is 1.40 bits per heavy atom. The average molecular weight is 273 g/mol. The van der Waals surface area contributed by atoms with Crippen molar-refractivity contribution in [2.24, 2.45) is 5.92 Å². The van der Waals surface area contributed by atoms with Crippen LogP contribution in [0.4, 0.5) is 0 Å². The zero-order valence-electron chi connectivity index (χ0n) is 11.6. The molecule has 1 aromatic rings. The zero-order valence-corrected chi connectivity index (χ0v) is 11.6. The van der Waals surface area contributed by atoms with Crippen molar-refractivity contribution in [3.63, 3.8) is 0 Å². The maximum atomic E-state index is 12.1. The lowest BCUT2D eigenvalue weighted by atomic mass is 9.98. The molecule has 2 rings (SSSR count). The number of aliphatic carboxylic acids is 1. The van der Waals surface area contributed by atoms with Crippen molar-refractivity contribution in [1.82, 2.24) is 4.90 Å². The molecule has 1 N–H and O–H groups in total. The van der Waals surface area contributed by atoms with E-state index in [1.807, 2.05) is 31.2 Å². The van der Waals surface area contributed by atoms with E-state index in [1.54, 1.807) is 11.0 Å². The molecule has 0 saturated carbocycles. The smallest absolute Gasteiger partial charge is 0.308 e. The third kappa shape index (κ3) is 3.70. The Labute approximate surface area is 118 Å². The van der Waals surface area contributed by atoms with E-state index >= 15 is 0 Å². The van der Waals surface area contributed by atoms with Crippen LogP contribution in [0.1, 0.15) is 24.0 Å². The highest BCUT2D eigenvalue weighted by Gasteiger charge is 2.26. The fraction of sp³-hybridized carbons (Fsp3) is 0.375. The van der Waals surface area contributed by atoms with Crippen LogP contribution in [-0.2, 0) is 9.59 Å². The van der Waals surface area contributed by atoms with Gasteiger partial charge in [-0.05, 0) is 31.4 Å². The first-order valence-electron chi connectivity index (χ1n) is 6.83. The third-order valence-corrected chi connectivity index (χ3v) is 3.54. The van der Waals surface area contributed by atoms with E-state index in [2.05, 4.69) is 0 Å². The molecule has 0 radical (unpaired) electrons. The summed E-state index contributed by atoms with van der Waals surface area (Å²) < 4.78 is 0. The molecule has 4 nitrogen and oxygen atoms in total. The second-order valence-electron chi connectivity index (χ2n) is 5.21. The Kier molecular flexibility index (Phi) is 4.56. The summed E-state index contributed by atoms with van der Waals surface area (Å²) >= 11 is 0. The van der Waals surface area contributed by atoms with Crippen molar-refractivity contribution in [1.29, 1.82) is 0 Å². The van der Waals surface area contributed by atoms with Gasteiger partial charge in [0, 0.05) is 19.2 Å². The summed E-state index contributed by atoms with van der Waals surface area (Å²) in [6.45, 7) is 2.95. The molecular formula is C16H19NO3. The van der Waals surface area contributed by atoms with Gasteiger partial charge in [-0.1, -0.05) is 29.8 Å². The van der Waals surface area contributed by atoms with Crippen molar-refractivity contribution in [2.75, 3.05) is 13.1 Å². The SMILES string of the molecule is Cc1cccc(/C=C/C(=O)N2CCCC(C(=O)O)C2)c1. The molecule has 1 saturated heterocycles. The van der Waals surface area contributed by atoms with Gasteiger partial charge >= 0.3 is 5.97 Å². The second-order valence-corrected chi connectivity index (χ2v) is 5.21. The number of carbonyl (C=O) groups is 2. The van der Waals surface area contributed by atoms with Gasteiger partial charge in [0.05, 0.1) is 5.92 Å². The van der Waals surface area contributed by atoms with Crippen molar-refractivity contribution in [3.05, 3.63) is 41.5 Å². The molecule has 106 valence electrons. The summed E-state index contributed by atoms with van der Waals surface area (Å²) in [5.41, 5.74) is 2.12. The number of aryl methyl sites for hydroxylation is 1. The fourth-order valence-electron chi connectivity index (χ4n) is 2.43. The average Bonchev–Trinajstić information content (AvgIpc) is 2.45. The van der Waals surface area contributed by atoms with E-state index in [4.69, 9.17) is 5.11 Å². The van der Waals surface area contributed by atoms with Crippen LogP contribution >= 0.6 is 0 Å². The minimum atomic E-state index is -0.815. The number of rotatable bonds is 3. The monoisotopic (exact) mass is 273 g/mol. The molecular weight excluding hydrogens is 254 g/mol. The van der Waals surface area contributed by atoms with Gasteiger partial charge in [-0.25, -0.2) is 0 Å². The summed E-state index contributed by atoms with van der Waals surface area (Å²) in [4.78, 5) is 24.7. The Bertz CT molecular complexity index is 536. The number of amides is 1. The highest BCUT2D eigenvalue weighted by molar-refractivity contribution is 5.92. The number of carbonyl (C=O) groups excluding carboxylic acids is 1. The lowest BCUT2D eigenvalue weighted by molar-refractivity contribution is -0.144. The summed E-state index contributed by atoms with van der Waals surface area (Å²) in [6.07, 6.45) is 4.71. The number of nitrogens with zero attached hydrogens (tertiary/aromatic N) is 1. The number of hydrogen-bond donors (Lipinski definition) is 1. The van der Waals surface area contributed by atoms with Crippen LogP contribution in [0.15, 0.2) is 30.3 Å². The first kappa shape index (κ1) is 14.3. The topological polar surface area (TPSA) is 57.6 Å². The Balaban J connectivity index is 1.99. The van der Waals surface area contributed by atoms with Crippen molar-refractivity contribution >= 4 is 18.0 Å². The van der Waals surface area contributed by atoms with Gasteiger partial charge in [-0.2, -0.15) is 0 Å². The summed E-state index contributed by atoms with van der Waals surface area (Å²) in [5, 5.41) is 9.02. The molecule has 1 atom stereocenters. The predicted molar refractivity (Wildman–Crippen MR) is 77.2 cm³/mol. The summed E-state index contributed by atoms with van der Waals surface area (Å²) in [7, 11) is 0. The summed E-state index contributed by atoms with van der Waals surface area (Å²) in [6, 6.07) is 7.88. The summed E-state index contributed by atoms with van der Waals surface area (Å²) in [5.74, 6) is -1.36. The molecule has 0 aliphatic carbocycles. The van der Waals surface area contributed by atoms with Crippen molar-refractivity contribution in [3.8, 4) is 0 Å². The van der Waals surface area contributed by atoms with Crippen LogP contribution in [0.3, 0.4) is 0 Å². The quantitative estimate of drug-likeness (QED) is 0.860. The molecule has 4 heteroatoms. The first-order valence-corrected chi connectivity index (χ1v) is 6.83. The largest absolute Gasteiger partial charge is 0.481 e. The molecule has 0 spiro atoms. The molecule has 0 aromatic heterocycles. The molecule has 0 bridgehead atoms. The van der Waals surface area contributed by atoms with Gasteiger partial charge in [0.15, 0.2) is 0 Å². The maximum absolute atomic E-state index is 12.1. The van der Waals surface area contributed by atoms with Crippen LogP contribution in [0.2, 0.25) is 0 Å². The first-order chi connectivity index (χ1) is 9.56. The van der Waals surface area contributed by atoms with Gasteiger partial charge in [-0.15, -0.1) is 0 Å². The van der Waals surface area contributed by atoms with Crippen LogP contribution in [-0.4, -0.2) is 35.0 Å². The molecule has 1 heterocycles. The molecule has 20 heavy (non-hydrogen) atoms. The van der Waals surface area contributed by atoms with Gasteiger partial charge < -0.3 is 10.0 Å². The van der Waals surface area contributed by atoms with Crippen LogP contribution in [0, 0.1) is 12.8 Å². The van der Waals surface area contributed by atoms with Crippen molar-refractivity contribution < 1.29 is 14.7 Å². The van der Waals surface area contributed by atoms with Crippen LogP contribution in [0.25, 0.3) is 6.08 Å². The fourth-order valence-corrected chi connectivity index (χ4v) is 2.43. The third-order valence-electron chi connectivity index (χ3n) is 3.54. The van der Waals surface area contributed by atoms with E-state index in [-0.39, 0.29) is 5.91 Å². The Hall–Kier alpha value is -2.10. The number of hydrogen-bond acceptors (Lipinski definition) is 2. The van der Waals surface area contributed by atoms with Gasteiger partial charge in [0.25, 0.3) is 0 Å². The lowest BCUT2D eigenvalue weighted by Crippen LogP contribution is -2.41. The predicted octanol–water partition coefficient (Wildman–Crippen LogP) is 2.33. The number of piperidine rings is 1. The highest BCUT2D eigenvalue weighted by Crippen LogP contribution is 2.17.